The van der Waals surface area contributed by atoms with Crippen LogP contribution in [0.4, 0.5) is 5.69 Å². The normalized spacial score (nSPS) is 13.5. The molecule has 0 unspecified atom stereocenters. The van der Waals surface area contributed by atoms with Gasteiger partial charge in [0, 0.05) is 16.8 Å². The van der Waals surface area contributed by atoms with Crippen molar-refractivity contribution in [3.8, 4) is 0 Å². The summed E-state index contributed by atoms with van der Waals surface area (Å²) >= 11 is 3.13. The second kappa shape index (κ2) is 8.93. The molecule has 0 fully saturated rings. The van der Waals surface area contributed by atoms with Crippen molar-refractivity contribution in [2.45, 2.75) is 50.5 Å². The predicted octanol–water partition coefficient (Wildman–Crippen LogP) is 5.80. The number of hydrogen-bond donors (Lipinski definition) is 1. The molecule has 5 rings (SSSR count). The average molecular weight is 449 g/mol. The molecule has 0 saturated carbocycles. The summed E-state index contributed by atoms with van der Waals surface area (Å²) in [5.41, 5.74) is 5.97. The molecule has 7 heteroatoms. The van der Waals surface area contributed by atoms with Crippen LogP contribution in [0.5, 0.6) is 0 Å². The van der Waals surface area contributed by atoms with Gasteiger partial charge in [0.25, 0.3) is 0 Å². The molecule has 0 aliphatic heterocycles. The molecule has 31 heavy (non-hydrogen) atoms. The van der Waals surface area contributed by atoms with Gasteiger partial charge in [0.2, 0.25) is 5.91 Å². The van der Waals surface area contributed by atoms with E-state index in [4.69, 9.17) is 4.98 Å². The summed E-state index contributed by atoms with van der Waals surface area (Å²) in [6, 6.07) is 9.53. The molecule has 1 N–H and O–H groups in total. The molecule has 0 saturated heterocycles. The first kappa shape index (κ1) is 20.4. The third kappa shape index (κ3) is 4.04. The van der Waals surface area contributed by atoms with Crippen molar-refractivity contribution in [3.63, 3.8) is 0 Å². The Labute approximate surface area is 189 Å². The van der Waals surface area contributed by atoms with E-state index in [0.29, 0.717) is 5.75 Å². The summed E-state index contributed by atoms with van der Waals surface area (Å²) in [6.45, 7) is 2.22. The molecule has 0 spiro atoms. The van der Waals surface area contributed by atoms with Crippen LogP contribution in [-0.2, 0) is 24.1 Å². The van der Waals surface area contributed by atoms with Gasteiger partial charge in [0.05, 0.1) is 16.0 Å². The van der Waals surface area contributed by atoms with Gasteiger partial charge in [-0.05, 0) is 55.4 Å². The molecule has 1 aromatic carbocycles. The lowest BCUT2D eigenvalue weighted by Gasteiger charge is -2.19. The van der Waals surface area contributed by atoms with Gasteiger partial charge >= 0.3 is 0 Å². The van der Waals surface area contributed by atoms with Gasteiger partial charge in [0.15, 0.2) is 0 Å². The van der Waals surface area contributed by atoms with Crippen molar-refractivity contribution in [2.24, 2.45) is 0 Å². The van der Waals surface area contributed by atoms with Gasteiger partial charge < -0.3 is 5.32 Å². The fraction of sp³-hybridized carbons (Fsp3) is 0.333. The lowest BCUT2D eigenvalue weighted by atomic mass is 9.88. The van der Waals surface area contributed by atoms with E-state index < -0.39 is 0 Å². The Morgan fingerprint density at radius 1 is 1.13 bits per heavy atom. The lowest BCUT2D eigenvalue weighted by Crippen LogP contribution is -2.13. The van der Waals surface area contributed by atoms with Crippen LogP contribution in [0.3, 0.4) is 0 Å². The number of hydrogen-bond acceptors (Lipinski definition) is 6. The van der Waals surface area contributed by atoms with E-state index in [9.17, 15) is 4.79 Å². The molecule has 3 aromatic heterocycles. The van der Waals surface area contributed by atoms with Crippen molar-refractivity contribution in [3.05, 3.63) is 53.5 Å². The summed E-state index contributed by atoms with van der Waals surface area (Å²) in [5, 5.41) is 5.01. The van der Waals surface area contributed by atoms with Crippen molar-refractivity contribution in [1.29, 1.82) is 0 Å². The molecule has 1 aliphatic carbocycles. The fourth-order valence-electron chi connectivity index (χ4n) is 4.32. The summed E-state index contributed by atoms with van der Waals surface area (Å²) in [5.74, 6) is 0.270. The molecule has 3 heterocycles. The molecular weight excluding hydrogens is 424 g/mol. The third-order valence-corrected chi connectivity index (χ3v) is 7.86. The number of carbonyl (C=O) groups is 1. The van der Waals surface area contributed by atoms with Crippen LogP contribution >= 0.6 is 23.1 Å². The number of aryl methyl sites for hydroxylation is 2. The van der Waals surface area contributed by atoms with Gasteiger partial charge in [0.1, 0.15) is 16.2 Å². The topological polar surface area (TPSA) is 67.8 Å². The minimum absolute atomic E-state index is 0.0372. The molecule has 158 valence electrons. The Hall–Kier alpha value is -2.51. The van der Waals surface area contributed by atoms with Crippen LogP contribution in [0.1, 0.15) is 43.0 Å². The number of amides is 1. The summed E-state index contributed by atoms with van der Waals surface area (Å²) in [4.78, 5) is 27.7. The van der Waals surface area contributed by atoms with Gasteiger partial charge in [-0.3, -0.25) is 4.79 Å². The van der Waals surface area contributed by atoms with Crippen molar-refractivity contribution < 1.29 is 4.79 Å². The number of rotatable bonds is 6. The number of para-hydroxylation sites is 1. The van der Waals surface area contributed by atoms with E-state index in [1.807, 2.05) is 30.3 Å². The minimum atomic E-state index is -0.0372. The zero-order chi connectivity index (χ0) is 21.2. The minimum Gasteiger partial charge on any atom is -0.325 e. The smallest absolute Gasteiger partial charge is 0.234 e. The van der Waals surface area contributed by atoms with Gasteiger partial charge in [-0.2, -0.15) is 0 Å². The van der Waals surface area contributed by atoms with E-state index in [2.05, 4.69) is 22.2 Å². The lowest BCUT2D eigenvalue weighted by molar-refractivity contribution is -0.113. The second-order valence-electron chi connectivity index (χ2n) is 7.81. The maximum atomic E-state index is 12.4. The molecule has 5 nitrogen and oxygen atoms in total. The van der Waals surface area contributed by atoms with Crippen LogP contribution in [0, 0.1) is 0 Å². The van der Waals surface area contributed by atoms with E-state index in [1.54, 1.807) is 17.7 Å². The largest absolute Gasteiger partial charge is 0.325 e. The highest BCUT2D eigenvalue weighted by Crippen LogP contribution is 2.41. The molecule has 0 bridgehead atoms. The first-order chi connectivity index (χ1) is 15.2. The highest BCUT2D eigenvalue weighted by Gasteiger charge is 2.23. The Bertz CT molecular complexity index is 1250. The molecule has 0 atom stereocenters. The first-order valence-corrected chi connectivity index (χ1v) is 12.6. The number of pyridine rings is 1. The number of aromatic nitrogens is 3. The number of carbonyl (C=O) groups excluding carboxylic acids is 1. The summed E-state index contributed by atoms with van der Waals surface area (Å²) in [7, 11) is 0. The van der Waals surface area contributed by atoms with Crippen molar-refractivity contribution in [1.82, 2.24) is 15.0 Å². The zero-order valence-electron chi connectivity index (χ0n) is 17.5. The van der Waals surface area contributed by atoms with Gasteiger partial charge in [-0.1, -0.05) is 43.3 Å². The Morgan fingerprint density at radius 3 is 2.74 bits per heavy atom. The van der Waals surface area contributed by atoms with Crippen LogP contribution in [0.15, 0.2) is 41.7 Å². The Kier molecular flexibility index (Phi) is 5.87. The number of anilines is 1. The molecule has 4 aromatic rings. The fourth-order valence-corrected chi connectivity index (χ4v) is 6.37. The van der Waals surface area contributed by atoms with E-state index in [1.165, 1.54) is 46.8 Å². The SMILES string of the molecule is CCCc1nc2sc3c(SCC(=O)Nc4ccccc4)ncnc3c2c2c1CCCC2. The van der Waals surface area contributed by atoms with Crippen LogP contribution in [-0.4, -0.2) is 26.6 Å². The van der Waals surface area contributed by atoms with Crippen molar-refractivity contribution >= 4 is 55.1 Å². The molecular formula is C24H24N4OS2. The highest BCUT2D eigenvalue weighted by atomic mass is 32.2. The predicted molar refractivity (Wildman–Crippen MR) is 129 cm³/mol. The van der Waals surface area contributed by atoms with Crippen LogP contribution in [0.25, 0.3) is 20.4 Å². The van der Waals surface area contributed by atoms with E-state index in [-0.39, 0.29) is 5.91 Å². The number of thiophene rings is 1. The Morgan fingerprint density at radius 2 is 1.94 bits per heavy atom. The number of nitrogens with one attached hydrogen (secondary N) is 1. The van der Waals surface area contributed by atoms with Gasteiger partial charge in [-0.25, -0.2) is 15.0 Å². The van der Waals surface area contributed by atoms with Crippen LogP contribution in [0.2, 0.25) is 0 Å². The highest BCUT2D eigenvalue weighted by molar-refractivity contribution is 8.00. The summed E-state index contributed by atoms with van der Waals surface area (Å²) < 4.78 is 1.05. The number of nitrogens with zero attached hydrogens (tertiary/aromatic N) is 3. The molecule has 1 aliphatic rings. The number of benzene rings is 1. The molecule has 1 amide bonds. The zero-order valence-corrected chi connectivity index (χ0v) is 19.1. The van der Waals surface area contributed by atoms with E-state index >= 15 is 0 Å². The maximum Gasteiger partial charge on any atom is 0.234 e. The standard InChI is InChI=1S/C24H24N4OS2/c1-2-8-18-16-11-6-7-12-17(16)20-21-22(31-23(20)28-18)24(26-14-25-21)30-13-19(29)27-15-9-4-3-5-10-15/h3-5,9-10,14H,2,6-8,11-13H2,1H3,(H,27,29). The van der Waals surface area contributed by atoms with E-state index in [0.717, 1.165) is 51.4 Å². The molecule has 0 radical (unpaired) electrons. The first-order valence-electron chi connectivity index (χ1n) is 10.8. The monoisotopic (exact) mass is 448 g/mol. The average Bonchev–Trinajstić information content (AvgIpc) is 3.18. The van der Waals surface area contributed by atoms with Gasteiger partial charge in [-0.15, -0.1) is 11.3 Å². The van der Waals surface area contributed by atoms with Crippen molar-refractivity contribution in [2.75, 3.05) is 11.1 Å². The second-order valence-corrected chi connectivity index (χ2v) is 9.78. The van der Waals surface area contributed by atoms with Crippen LogP contribution < -0.4 is 5.32 Å². The number of thioether (sulfide) groups is 1. The quantitative estimate of drug-likeness (QED) is 0.298. The third-order valence-electron chi connectivity index (χ3n) is 5.66. The summed E-state index contributed by atoms with van der Waals surface area (Å²) in [6.07, 6.45) is 8.45. The Balaban J connectivity index is 1.49. The number of fused-ring (bicyclic) bond motifs is 5. The maximum absolute atomic E-state index is 12.4.